The molecule has 1 unspecified atom stereocenters. The molecule has 0 aliphatic heterocycles. The maximum Gasteiger partial charge on any atom is 0.339 e. The summed E-state index contributed by atoms with van der Waals surface area (Å²) in [5, 5.41) is 11.3. The molecule has 1 atom stereocenters. The fraction of sp³-hybridized carbons (Fsp3) is 0.300. The minimum absolute atomic E-state index is 0.104. The normalized spacial score (nSPS) is 12.1. The number of ether oxygens (including phenoxy) is 1. The van der Waals surface area contributed by atoms with E-state index in [4.69, 9.17) is 4.74 Å². The number of fused-ring (bicyclic) bond motifs is 1. The molecule has 0 saturated heterocycles. The Bertz CT molecular complexity index is 1070. The maximum atomic E-state index is 13.0. The monoisotopic (exact) mass is 400 g/mol. The van der Waals surface area contributed by atoms with Crippen LogP contribution in [0.25, 0.3) is 10.2 Å². The number of carboxylic acids is 1. The number of aromatic nitrogens is 2. The summed E-state index contributed by atoms with van der Waals surface area (Å²) in [6.45, 7) is 3.83. The molecule has 1 aromatic carbocycles. The zero-order chi connectivity index (χ0) is 20.3. The Kier molecular flexibility index (Phi) is 5.89. The molecule has 3 rings (SSSR count). The Balaban J connectivity index is 1.96. The fourth-order valence-electron chi connectivity index (χ4n) is 2.97. The van der Waals surface area contributed by atoms with Crippen molar-refractivity contribution in [2.75, 3.05) is 6.61 Å². The van der Waals surface area contributed by atoms with Crippen molar-refractivity contribution >= 4 is 33.5 Å². The van der Waals surface area contributed by atoms with Gasteiger partial charge in [0.05, 0.1) is 23.9 Å². The lowest BCUT2D eigenvalue weighted by Gasteiger charge is -2.15. The summed E-state index contributed by atoms with van der Waals surface area (Å²) < 4.78 is 6.08. The van der Waals surface area contributed by atoms with Crippen molar-refractivity contribution in [3.63, 3.8) is 0 Å². The first-order chi connectivity index (χ1) is 13.4. The summed E-state index contributed by atoms with van der Waals surface area (Å²) in [6, 6.07) is 6.72. The number of aryl methyl sites for hydroxylation is 2. The molecule has 0 aliphatic carbocycles. The molecule has 146 valence electrons. The lowest BCUT2D eigenvalue weighted by atomic mass is 10.0. The van der Waals surface area contributed by atoms with Crippen LogP contribution in [0.5, 0.6) is 0 Å². The number of hydrogen-bond donors (Lipinski definition) is 1. The van der Waals surface area contributed by atoms with E-state index in [0.717, 1.165) is 27.0 Å². The Labute approximate surface area is 165 Å². The highest BCUT2D eigenvalue weighted by atomic mass is 32.1. The van der Waals surface area contributed by atoms with Crippen LogP contribution in [-0.4, -0.2) is 33.2 Å². The van der Waals surface area contributed by atoms with Gasteiger partial charge in [0.25, 0.3) is 5.56 Å². The second kappa shape index (κ2) is 8.35. The van der Waals surface area contributed by atoms with Gasteiger partial charge in [-0.25, -0.2) is 14.6 Å². The smallest absolute Gasteiger partial charge is 0.339 e. The van der Waals surface area contributed by atoms with Crippen LogP contribution in [0, 0.1) is 6.92 Å². The molecule has 28 heavy (non-hydrogen) atoms. The van der Waals surface area contributed by atoms with Crippen LogP contribution in [0.1, 0.15) is 40.9 Å². The molecule has 7 nitrogen and oxygen atoms in total. The molecule has 0 spiro atoms. The fourth-order valence-corrected chi connectivity index (χ4v) is 3.83. The number of esters is 1. The lowest BCUT2D eigenvalue weighted by Crippen LogP contribution is -2.31. The molecule has 2 aromatic heterocycles. The number of thiophene rings is 1. The van der Waals surface area contributed by atoms with Crippen molar-refractivity contribution in [3.05, 3.63) is 63.0 Å². The van der Waals surface area contributed by atoms with E-state index in [1.807, 2.05) is 31.2 Å². The third kappa shape index (κ3) is 3.96. The standard InChI is InChI=1S/C20H20N2O5S/c1-3-27-20(26)14-10-28-17-16(14)18(23)22(11-21-17)15(19(24)25)9-8-13-6-4-12(2)5-7-13/h4-7,10-11,15H,3,8-9H2,1-2H3,(H,24,25). The van der Waals surface area contributed by atoms with Gasteiger partial charge in [0.15, 0.2) is 0 Å². The molecular weight excluding hydrogens is 380 g/mol. The predicted molar refractivity (Wildman–Crippen MR) is 106 cm³/mol. The van der Waals surface area contributed by atoms with Crippen LogP contribution in [-0.2, 0) is 16.0 Å². The van der Waals surface area contributed by atoms with Crippen LogP contribution in [0.4, 0.5) is 0 Å². The summed E-state index contributed by atoms with van der Waals surface area (Å²) in [7, 11) is 0. The Morgan fingerprint density at radius 1 is 1.29 bits per heavy atom. The maximum absolute atomic E-state index is 13.0. The summed E-state index contributed by atoms with van der Waals surface area (Å²) in [5.74, 6) is -1.74. The van der Waals surface area contributed by atoms with E-state index in [2.05, 4.69) is 4.98 Å². The number of carboxylic acid groups (broad SMARTS) is 1. The van der Waals surface area contributed by atoms with Gasteiger partial charge in [-0.05, 0) is 32.3 Å². The zero-order valence-corrected chi connectivity index (χ0v) is 16.4. The van der Waals surface area contributed by atoms with E-state index < -0.39 is 23.5 Å². The third-order valence-electron chi connectivity index (χ3n) is 4.46. The average molecular weight is 400 g/mol. The van der Waals surface area contributed by atoms with Gasteiger partial charge in [-0.2, -0.15) is 0 Å². The van der Waals surface area contributed by atoms with Gasteiger partial charge in [-0.15, -0.1) is 11.3 Å². The van der Waals surface area contributed by atoms with Gasteiger partial charge in [0, 0.05) is 5.38 Å². The highest BCUT2D eigenvalue weighted by molar-refractivity contribution is 7.17. The van der Waals surface area contributed by atoms with Crippen molar-refractivity contribution in [1.82, 2.24) is 9.55 Å². The van der Waals surface area contributed by atoms with Crippen molar-refractivity contribution in [2.45, 2.75) is 32.7 Å². The predicted octanol–water partition coefficient (Wildman–Crippen LogP) is 3.20. The van der Waals surface area contributed by atoms with Crippen LogP contribution < -0.4 is 5.56 Å². The van der Waals surface area contributed by atoms with E-state index in [-0.39, 0.29) is 24.0 Å². The number of carbonyl (C=O) groups excluding carboxylic acids is 1. The molecular formula is C20H20N2O5S. The van der Waals surface area contributed by atoms with Crippen LogP contribution in [0.15, 0.2) is 40.8 Å². The van der Waals surface area contributed by atoms with E-state index in [1.54, 1.807) is 6.92 Å². The van der Waals surface area contributed by atoms with Crippen molar-refractivity contribution in [2.24, 2.45) is 0 Å². The number of hydrogen-bond acceptors (Lipinski definition) is 6. The molecule has 0 saturated carbocycles. The van der Waals surface area contributed by atoms with Gasteiger partial charge in [-0.1, -0.05) is 29.8 Å². The summed E-state index contributed by atoms with van der Waals surface area (Å²) in [6.07, 6.45) is 1.96. The van der Waals surface area contributed by atoms with Gasteiger partial charge in [-0.3, -0.25) is 9.36 Å². The zero-order valence-electron chi connectivity index (χ0n) is 15.5. The summed E-state index contributed by atoms with van der Waals surface area (Å²) in [5.41, 5.74) is 1.68. The summed E-state index contributed by atoms with van der Waals surface area (Å²) >= 11 is 1.15. The number of carbonyl (C=O) groups is 2. The van der Waals surface area contributed by atoms with Crippen molar-refractivity contribution < 1.29 is 19.4 Å². The molecule has 0 radical (unpaired) electrons. The average Bonchev–Trinajstić information content (AvgIpc) is 3.10. The van der Waals surface area contributed by atoms with E-state index in [0.29, 0.717) is 11.3 Å². The molecule has 8 heteroatoms. The second-order valence-corrected chi connectivity index (χ2v) is 7.24. The van der Waals surface area contributed by atoms with Crippen LogP contribution >= 0.6 is 11.3 Å². The van der Waals surface area contributed by atoms with Crippen molar-refractivity contribution in [3.8, 4) is 0 Å². The quantitative estimate of drug-likeness (QED) is 0.612. The second-order valence-electron chi connectivity index (χ2n) is 6.39. The number of rotatable bonds is 7. The minimum atomic E-state index is -1.12. The number of nitrogens with zero attached hydrogens (tertiary/aromatic N) is 2. The minimum Gasteiger partial charge on any atom is -0.480 e. The Hall–Kier alpha value is -3.00. The summed E-state index contributed by atoms with van der Waals surface area (Å²) in [4.78, 5) is 41.5. The van der Waals surface area contributed by atoms with Gasteiger partial charge in [0.1, 0.15) is 10.9 Å². The molecule has 0 fully saturated rings. The first-order valence-electron chi connectivity index (χ1n) is 8.86. The van der Waals surface area contributed by atoms with Gasteiger partial charge in [0.2, 0.25) is 0 Å². The Morgan fingerprint density at radius 3 is 2.64 bits per heavy atom. The molecule has 1 N–H and O–H groups in total. The molecule has 3 aromatic rings. The van der Waals surface area contributed by atoms with Gasteiger partial charge < -0.3 is 9.84 Å². The van der Waals surface area contributed by atoms with E-state index >= 15 is 0 Å². The molecule has 2 heterocycles. The van der Waals surface area contributed by atoms with E-state index in [9.17, 15) is 19.5 Å². The third-order valence-corrected chi connectivity index (χ3v) is 5.35. The van der Waals surface area contributed by atoms with Crippen LogP contribution in [0.2, 0.25) is 0 Å². The number of benzene rings is 1. The Morgan fingerprint density at radius 2 is 2.00 bits per heavy atom. The van der Waals surface area contributed by atoms with E-state index in [1.165, 1.54) is 11.7 Å². The topological polar surface area (TPSA) is 98.5 Å². The molecule has 0 amide bonds. The molecule has 0 aliphatic rings. The van der Waals surface area contributed by atoms with Crippen molar-refractivity contribution in [1.29, 1.82) is 0 Å². The largest absolute Gasteiger partial charge is 0.480 e. The van der Waals surface area contributed by atoms with Gasteiger partial charge >= 0.3 is 11.9 Å². The molecule has 0 bridgehead atoms. The lowest BCUT2D eigenvalue weighted by molar-refractivity contribution is -0.141. The number of aliphatic carboxylic acids is 1. The first kappa shape index (κ1) is 19.8. The highest BCUT2D eigenvalue weighted by Gasteiger charge is 2.25. The SMILES string of the molecule is CCOC(=O)c1csc2ncn(C(CCc3ccc(C)cc3)C(=O)O)c(=O)c12. The van der Waals surface area contributed by atoms with Crippen LogP contribution in [0.3, 0.4) is 0 Å². The highest BCUT2D eigenvalue weighted by Crippen LogP contribution is 2.23. The first-order valence-corrected chi connectivity index (χ1v) is 9.74.